The molecule has 0 atom stereocenters. The van der Waals surface area contributed by atoms with E-state index in [0.717, 1.165) is 64.8 Å². The lowest BCUT2D eigenvalue weighted by atomic mass is 10.1. The van der Waals surface area contributed by atoms with E-state index in [4.69, 9.17) is 10.7 Å². The number of nitrogen functional groups attached to an aromatic ring is 1. The summed E-state index contributed by atoms with van der Waals surface area (Å²) in [6.07, 6.45) is 2.75. The number of aromatic nitrogens is 4. The highest BCUT2D eigenvalue weighted by Crippen LogP contribution is 2.23. The first-order chi connectivity index (χ1) is 15.5. The van der Waals surface area contributed by atoms with E-state index in [9.17, 15) is 4.79 Å². The van der Waals surface area contributed by atoms with Crippen molar-refractivity contribution in [3.05, 3.63) is 93.7 Å². The first kappa shape index (κ1) is 20.2. The summed E-state index contributed by atoms with van der Waals surface area (Å²) in [5, 5.41) is 0. The van der Waals surface area contributed by atoms with Crippen LogP contribution in [0.4, 0.5) is 5.69 Å². The van der Waals surface area contributed by atoms with Crippen LogP contribution in [0.3, 0.4) is 0 Å². The predicted octanol–water partition coefficient (Wildman–Crippen LogP) is 3.08. The van der Waals surface area contributed by atoms with E-state index in [1.807, 2.05) is 79.4 Å². The molecular formula is C25H26N6O. The van der Waals surface area contributed by atoms with Crippen molar-refractivity contribution in [1.29, 1.82) is 0 Å². The van der Waals surface area contributed by atoms with E-state index in [2.05, 4.69) is 9.88 Å². The monoisotopic (exact) mass is 426 g/mol. The van der Waals surface area contributed by atoms with E-state index in [-0.39, 0.29) is 5.56 Å². The van der Waals surface area contributed by atoms with E-state index >= 15 is 0 Å². The Bertz CT molecular complexity index is 1320. The molecule has 4 aromatic rings. The zero-order chi connectivity index (χ0) is 22.2. The maximum atomic E-state index is 13.2. The van der Waals surface area contributed by atoms with Gasteiger partial charge in [0.25, 0.3) is 5.56 Å². The van der Waals surface area contributed by atoms with Gasteiger partial charge in [-0.05, 0) is 43.3 Å². The molecule has 5 rings (SSSR count). The highest BCUT2D eigenvalue weighted by molar-refractivity contribution is 5.58. The van der Waals surface area contributed by atoms with Gasteiger partial charge in [-0.2, -0.15) is 0 Å². The summed E-state index contributed by atoms with van der Waals surface area (Å²) in [6.45, 7) is 4.20. The Morgan fingerprint density at radius 2 is 1.81 bits per heavy atom. The van der Waals surface area contributed by atoms with Gasteiger partial charge in [-0.3, -0.25) is 14.4 Å². The van der Waals surface area contributed by atoms with Crippen LogP contribution in [0.25, 0.3) is 17.1 Å². The van der Waals surface area contributed by atoms with Crippen molar-refractivity contribution in [2.75, 3.05) is 12.3 Å². The Balaban J connectivity index is 1.38. The number of nitrogens with zero attached hydrogens (tertiary/aromatic N) is 5. The summed E-state index contributed by atoms with van der Waals surface area (Å²) in [7, 11) is 1.94. The lowest BCUT2D eigenvalue weighted by Crippen LogP contribution is -2.33. The van der Waals surface area contributed by atoms with Crippen molar-refractivity contribution in [3.63, 3.8) is 0 Å². The number of rotatable bonds is 4. The summed E-state index contributed by atoms with van der Waals surface area (Å²) < 4.78 is 3.68. The molecule has 7 heteroatoms. The molecule has 0 amide bonds. The van der Waals surface area contributed by atoms with Crippen LogP contribution < -0.4 is 11.3 Å². The topological polar surface area (TPSA) is 82.0 Å². The summed E-state index contributed by atoms with van der Waals surface area (Å²) >= 11 is 0. The second-order valence-corrected chi connectivity index (χ2v) is 8.29. The number of anilines is 1. The Labute approximate surface area is 186 Å². The number of nitrogens with two attached hydrogens (primary N) is 1. The molecule has 2 aromatic heterocycles. The fourth-order valence-electron chi connectivity index (χ4n) is 4.31. The van der Waals surface area contributed by atoms with Gasteiger partial charge in [0.05, 0.1) is 16.9 Å². The Hall–Kier alpha value is -3.71. The fraction of sp³-hybridized carbons (Fsp3) is 0.240. The number of benzene rings is 2. The van der Waals surface area contributed by atoms with Crippen molar-refractivity contribution in [1.82, 2.24) is 24.2 Å². The summed E-state index contributed by atoms with van der Waals surface area (Å²) in [5.41, 5.74) is 12.4. The Morgan fingerprint density at radius 3 is 2.56 bits per heavy atom. The highest BCUT2D eigenvalue weighted by Gasteiger charge is 2.23. The second-order valence-electron chi connectivity index (χ2n) is 8.29. The van der Waals surface area contributed by atoms with Crippen molar-refractivity contribution >= 4 is 5.69 Å². The minimum atomic E-state index is 0.0388. The van der Waals surface area contributed by atoms with Crippen molar-refractivity contribution in [3.8, 4) is 17.1 Å². The largest absolute Gasteiger partial charge is 0.399 e. The molecule has 0 unspecified atom stereocenters. The van der Waals surface area contributed by atoms with Crippen molar-refractivity contribution in [2.45, 2.75) is 26.4 Å². The molecule has 1 aliphatic rings. The average Bonchev–Trinajstić information content (AvgIpc) is 3.03. The molecule has 7 nitrogen and oxygen atoms in total. The SMILES string of the molecule is Cc1c(CN2CCc3nc(-c4ccc(N)cc4)ncc3C2)c(=O)n(-c2ccccc2)n1C. The molecule has 0 radical (unpaired) electrons. The van der Waals surface area contributed by atoms with Crippen LogP contribution in [0, 0.1) is 6.92 Å². The van der Waals surface area contributed by atoms with Crippen LogP contribution >= 0.6 is 0 Å². The van der Waals surface area contributed by atoms with Crippen LogP contribution in [-0.2, 0) is 26.6 Å². The third-order valence-electron chi connectivity index (χ3n) is 6.24. The smallest absolute Gasteiger partial charge is 0.276 e. The standard InChI is InChI=1S/C25H26N6O/c1-17-22(25(32)31(29(17)2)21-6-4-3-5-7-21)16-30-13-12-23-19(15-30)14-27-24(28-23)18-8-10-20(26)11-9-18/h3-11,14H,12-13,15-16,26H2,1-2H3. The maximum absolute atomic E-state index is 13.2. The lowest BCUT2D eigenvalue weighted by molar-refractivity contribution is 0.241. The quantitative estimate of drug-likeness (QED) is 0.507. The minimum absolute atomic E-state index is 0.0388. The molecule has 0 bridgehead atoms. The van der Waals surface area contributed by atoms with Gasteiger partial charge in [0.15, 0.2) is 5.82 Å². The van der Waals surface area contributed by atoms with Gasteiger partial charge < -0.3 is 5.73 Å². The number of hydrogen-bond acceptors (Lipinski definition) is 5. The Kier molecular flexibility index (Phi) is 5.11. The third kappa shape index (κ3) is 3.61. The molecule has 0 saturated carbocycles. The van der Waals surface area contributed by atoms with E-state index < -0.39 is 0 Å². The summed E-state index contributed by atoms with van der Waals surface area (Å²) in [5.74, 6) is 0.724. The second kappa shape index (κ2) is 8.09. The molecule has 2 N–H and O–H groups in total. The van der Waals surface area contributed by atoms with Crippen LogP contribution in [0.5, 0.6) is 0 Å². The molecule has 162 valence electrons. The molecule has 1 aliphatic heterocycles. The van der Waals surface area contributed by atoms with Gasteiger partial charge in [0.2, 0.25) is 0 Å². The zero-order valence-electron chi connectivity index (χ0n) is 18.3. The molecule has 0 saturated heterocycles. The number of fused-ring (bicyclic) bond motifs is 1. The van der Waals surface area contributed by atoms with E-state index in [1.165, 1.54) is 0 Å². The lowest BCUT2D eigenvalue weighted by Gasteiger charge is -2.27. The zero-order valence-corrected chi connectivity index (χ0v) is 18.3. The molecule has 0 aliphatic carbocycles. The Morgan fingerprint density at radius 1 is 1.06 bits per heavy atom. The van der Waals surface area contributed by atoms with Crippen LogP contribution in [0.1, 0.15) is 22.5 Å². The normalized spacial score (nSPS) is 13.8. The van der Waals surface area contributed by atoms with E-state index in [1.54, 1.807) is 4.68 Å². The van der Waals surface area contributed by atoms with Crippen LogP contribution in [0.2, 0.25) is 0 Å². The van der Waals surface area contributed by atoms with Gasteiger partial charge in [-0.25, -0.2) is 14.6 Å². The van der Waals surface area contributed by atoms with Crippen molar-refractivity contribution in [2.24, 2.45) is 7.05 Å². The van der Waals surface area contributed by atoms with E-state index in [0.29, 0.717) is 6.54 Å². The van der Waals surface area contributed by atoms with Gasteiger partial charge in [-0.1, -0.05) is 18.2 Å². The van der Waals surface area contributed by atoms with Gasteiger partial charge in [0.1, 0.15) is 0 Å². The first-order valence-corrected chi connectivity index (χ1v) is 10.8. The summed E-state index contributed by atoms with van der Waals surface area (Å²) in [6, 6.07) is 17.4. The van der Waals surface area contributed by atoms with Gasteiger partial charge >= 0.3 is 0 Å². The fourth-order valence-corrected chi connectivity index (χ4v) is 4.31. The van der Waals surface area contributed by atoms with Gasteiger partial charge in [-0.15, -0.1) is 0 Å². The van der Waals surface area contributed by atoms with Gasteiger partial charge in [0, 0.05) is 61.8 Å². The molecule has 0 spiro atoms. The maximum Gasteiger partial charge on any atom is 0.276 e. The van der Waals surface area contributed by atoms with Crippen LogP contribution in [0.15, 0.2) is 65.6 Å². The minimum Gasteiger partial charge on any atom is -0.399 e. The van der Waals surface area contributed by atoms with Crippen LogP contribution in [-0.4, -0.2) is 30.8 Å². The molecule has 2 aromatic carbocycles. The van der Waals surface area contributed by atoms with Crippen molar-refractivity contribution < 1.29 is 0 Å². The number of hydrogen-bond donors (Lipinski definition) is 1. The molecule has 32 heavy (non-hydrogen) atoms. The molecular weight excluding hydrogens is 400 g/mol. The first-order valence-electron chi connectivity index (χ1n) is 10.8. The highest BCUT2D eigenvalue weighted by atomic mass is 16.1. The predicted molar refractivity (Wildman–Crippen MR) is 125 cm³/mol. The molecule has 0 fully saturated rings. The summed E-state index contributed by atoms with van der Waals surface area (Å²) in [4.78, 5) is 24.9. The molecule has 3 heterocycles. The third-order valence-corrected chi connectivity index (χ3v) is 6.24. The number of para-hydroxylation sites is 1. The average molecular weight is 427 g/mol.